The zero-order valence-electron chi connectivity index (χ0n) is 12.7. The summed E-state index contributed by atoms with van der Waals surface area (Å²) in [7, 11) is 0. The van der Waals surface area contributed by atoms with Crippen molar-refractivity contribution in [2.75, 3.05) is 5.32 Å². The molecule has 1 aromatic carbocycles. The maximum atomic E-state index is 12.3. The Kier molecular flexibility index (Phi) is 5.87. The van der Waals surface area contributed by atoms with E-state index >= 15 is 0 Å². The molecule has 0 radical (unpaired) electrons. The smallest absolute Gasteiger partial charge is 0.253 e. The highest BCUT2D eigenvalue weighted by Gasteiger charge is 2.14. The second-order valence-electron chi connectivity index (χ2n) is 5.85. The van der Waals surface area contributed by atoms with E-state index in [1.165, 1.54) is 0 Å². The predicted molar refractivity (Wildman–Crippen MR) is 81.6 cm³/mol. The number of carbonyl (C=O) groups is 1. The van der Waals surface area contributed by atoms with Crippen LogP contribution in [0.4, 0.5) is 5.69 Å². The quantitative estimate of drug-likeness (QED) is 0.821. The third-order valence-corrected chi connectivity index (χ3v) is 2.82. The highest BCUT2D eigenvalue weighted by Crippen LogP contribution is 2.16. The van der Waals surface area contributed by atoms with Gasteiger partial charge < -0.3 is 10.6 Å². The third kappa shape index (κ3) is 5.33. The minimum atomic E-state index is -0.00287. The van der Waals surface area contributed by atoms with Crippen LogP contribution in [0.15, 0.2) is 24.3 Å². The van der Waals surface area contributed by atoms with Crippen LogP contribution in [0.25, 0.3) is 0 Å². The molecular weight excluding hydrogens is 236 g/mol. The second kappa shape index (κ2) is 7.17. The summed E-state index contributed by atoms with van der Waals surface area (Å²) in [4.78, 5) is 12.3. The zero-order chi connectivity index (χ0) is 14.4. The molecule has 0 fully saturated rings. The van der Waals surface area contributed by atoms with E-state index in [0.29, 0.717) is 17.5 Å². The molecular formula is C16H26N2O. The molecule has 0 aliphatic heterocycles. The SMILES string of the molecule is CC(C)CC(C)NC(=O)c1ccccc1NC(C)C. The van der Waals surface area contributed by atoms with Gasteiger partial charge in [-0.15, -0.1) is 0 Å². The van der Waals surface area contributed by atoms with Gasteiger partial charge in [0.15, 0.2) is 0 Å². The molecule has 1 atom stereocenters. The van der Waals surface area contributed by atoms with Gasteiger partial charge in [0, 0.05) is 17.8 Å². The number of rotatable bonds is 6. The number of anilines is 1. The van der Waals surface area contributed by atoms with E-state index in [1.807, 2.05) is 24.3 Å². The van der Waals surface area contributed by atoms with Crippen molar-refractivity contribution in [3.05, 3.63) is 29.8 Å². The fraction of sp³-hybridized carbons (Fsp3) is 0.562. The summed E-state index contributed by atoms with van der Waals surface area (Å²) in [6.07, 6.45) is 0.992. The molecule has 3 heteroatoms. The van der Waals surface area contributed by atoms with Crippen molar-refractivity contribution in [1.82, 2.24) is 5.32 Å². The van der Waals surface area contributed by atoms with Gasteiger partial charge in [-0.3, -0.25) is 4.79 Å². The molecule has 0 saturated carbocycles. The van der Waals surface area contributed by atoms with Gasteiger partial charge in [0.25, 0.3) is 5.91 Å². The van der Waals surface area contributed by atoms with Crippen LogP contribution in [-0.4, -0.2) is 18.0 Å². The van der Waals surface area contributed by atoms with Crippen LogP contribution in [0, 0.1) is 5.92 Å². The van der Waals surface area contributed by atoms with Crippen molar-refractivity contribution in [3.63, 3.8) is 0 Å². The predicted octanol–water partition coefficient (Wildman–Crippen LogP) is 3.67. The maximum absolute atomic E-state index is 12.3. The van der Waals surface area contributed by atoms with Crippen LogP contribution in [0.2, 0.25) is 0 Å². The average Bonchev–Trinajstić information content (AvgIpc) is 2.27. The first-order valence-corrected chi connectivity index (χ1v) is 7.06. The van der Waals surface area contributed by atoms with Crippen LogP contribution in [0.5, 0.6) is 0 Å². The molecule has 3 nitrogen and oxygen atoms in total. The monoisotopic (exact) mass is 262 g/mol. The van der Waals surface area contributed by atoms with Crippen molar-refractivity contribution in [1.29, 1.82) is 0 Å². The van der Waals surface area contributed by atoms with E-state index < -0.39 is 0 Å². The van der Waals surface area contributed by atoms with E-state index in [9.17, 15) is 4.79 Å². The Morgan fingerprint density at radius 1 is 1.11 bits per heavy atom. The largest absolute Gasteiger partial charge is 0.382 e. The normalized spacial score (nSPS) is 12.6. The van der Waals surface area contributed by atoms with Gasteiger partial charge in [0.05, 0.1) is 5.56 Å². The van der Waals surface area contributed by atoms with Gasteiger partial charge in [-0.1, -0.05) is 26.0 Å². The molecule has 0 saturated heterocycles. The molecule has 0 aromatic heterocycles. The van der Waals surface area contributed by atoms with Gasteiger partial charge in [0.1, 0.15) is 0 Å². The lowest BCUT2D eigenvalue weighted by Crippen LogP contribution is -2.34. The molecule has 0 bridgehead atoms. The van der Waals surface area contributed by atoms with Gasteiger partial charge in [0.2, 0.25) is 0 Å². The van der Waals surface area contributed by atoms with Gasteiger partial charge in [-0.05, 0) is 45.2 Å². The first-order valence-electron chi connectivity index (χ1n) is 7.06. The van der Waals surface area contributed by atoms with Crippen LogP contribution in [-0.2, 0) is 0 Å². The summed E-state index contributed by atoms with van der Waals surface area (Å²) >= 11 is 0. The molecule has 0 aliphatic carbocycles. The van der Waals surface area contributed by atoms with Crippen molar-refractivity contribution in [3.8, 4) is 0 Å². The number of carbonyl (C=O) groups excluding carboxylic acids is 1. The number of benzene rings is 1. The Hall–Kier alpha value is -1.51. The fourth-order valence-electron chi connectivity index (χ4n) is 2.19. The lowest BCUT2D eigenvalue weighted by Gasteiger charge is -2.18. The Morgan fingerprint density at radius 3 is 2.32 bits per heavy atom. The molecule has 0 heterocycles. The van der Waals surface area contributed by atoms with Crippen molar-refractivity contribution in [2.45, 2.75) is 53.1 Å². The number of amides is 1. The summed E-state index contributed by atoms with van der Waals surface area (Å²) in [5.41, 5.74) is 1.61. The van der Waals surface area contributed by atoms with E-state index in [4.69, 9.17) is 0 Å². The lowest BCUT2D eigenvalue weighted by atomic mass is 10.0. The molecule has 2 N–H and O–H groups in total. The van der Waals surface area contributed by atoms with Crippen LogP contribution in [0.1, 0.15) is 51.4 Å². The van der Waals surface area contributed by atoms with E-state index in [0.717, 1.165) is 12.1 Å². The molecule has 1 rings (SSSR count). The van der Waals surface area contributed by atoms with E-state index in [2.05, 4.69) is 45.3 Å². The standard InChI is InChI=1S/C16H26N2O/c1-11(2)10-13(5)18-16(19)14-8-6-7-9-15(14)17-12(3)4/h6-9,11-13,17H,10H2,1-5H3,(H,18,19). The number of hydrogen-bond acceptors (Lipinski definition) is 2. The third-order valence-electron chi connectivity index (χ3n) is 2.82. The fourth-order valence-corrected chi connectivity index (χ4v) is 2.19. The van der Waals surface area contributed by atoms with E-state index in [1.54, 1.807) is 0 Å². The first-order chi connectivity index (χ1) is 8.90. The molecule has 1 amide bonds. The highest BCUT2D eigenvalue weighted by atomic mass is 16.1. The lowest BCUT2D eigenvalue weighted by molar-refractivity contribution is 0.0937. The highest BCUT2D eigenvalue weighted by molar-refractivity contribution is 5.99. The minimum absolute atomic E-state index is 0.00287. The molecule has 106 valence electrons. The van der Waals surface area contributed by atoms with Crippen LogP contribution < -0.4 is 10.6 Å². The molecule has 0 aliphatic rings. The van der Waals surface area contributed by atoms with Crippen molar-refractivity contribution in [2.24, 2.45) is 5.92 Å². The molecule has 19 heavy (non-hydrogen) atoms. The number of nitrogens with one attached hydrogen (secondary N) is 2. The van der Waals surface area contributed by atoms with Crippen molar-refractivity contribution >= 4 is 11.6 Å². The minimum Gasteiger partial charge on any atom is -0.382 e. The molecule has 1 aromatic rings. The average molecular weight is 262 g/mol. The zero-order valence-corrected chi connectivity index (χ0v) is 12.7. The van der Waals surface area contributed by atoms with Crippen LogP contribution in [0.3, 0.4) is 0 Å². The summed E-state index contributed by atoms with van der Waals surface area (Å²) in [6.45, 7) is 10.5. The van der Waals surface area contributed by atoms with Crippen LogP contribution >= 0.6 is 0 Å². The Balaban J connectivity index is 2.76. The molecule has 0 spiro atoms. The van der Waals surface area contributed by atoms with Gasteiger partial charge in [-0.25, -0.2) is 0 Å². The molecule has 1 unspecified atom stereocenters. The van der Waals surface area contributed by atoms with Crippen molar-refractivity contribution < 1.29 is 4.79 Å². The first kappa shape index (κ1) is 15.5. The Labute approximate surface area is 116 Å². The number of para-hydroxylation sites is 1. The van der Waals surface area contributed by atoms with Gasteiger partial charge in [-0.2, -0.15) is 0 Å². The summed E-state index contributed by atoms with van der Waals surface area (Å²) in [5.74, 6) is 0.580. The van der Waals surface area contributed by atoms with E-state index in [-0.39, 0.29) is 11.9 Å². The summed E-state index contributed by atoms with van der Waals surface area (Å²) < 4.78 is 0. The summed E-state index contributed by atoms with van der Waals surface area (Å²) in [6, 6.07) is 8.15. The topological polar surface area (TPSA) is 41.1 Å². The Bertz CT molecular complexity index is 413. The number of hydrogen-bond donors (Lipinski definition) is 2. The maximum Gasteiger partial charge on any atom is 0.253 e. The summed E-state index contributed by atoms with van der Waals surface area (Å²) in [5, 5.41) is 6.37. The Morgan fingerprint density at radius 2 is 1.74 bits per heavy atom. The van der Waals surface area contributed by atoms with Gasteiger partial charge >= 0.3 is 0 Å². The second-order valence-corrected chi connectivity index (χ2v) is 5.85.